The van der Waals surface area contributed by atoms with E-state index in [0.29, 0.717) is 0 Å². The van der Waals surface area contributed by atoms with Crippen molar-refractivity contribution in [3.63, 3.8) is 0 Å². The molecule has 0 amide bonds. The number of nitrogens with zero attached hydrogens (tertiary/aromatic N) is 1. The van der Waals surface area contributed by atoms with Gasteiger partial charge in [-0.25, -0.2) is 0 Å². The van der Waals surface area contributed by atoms with Crippen LogP contribution in [0.5, 0.6) is 0 Å². The summed E-state index contributed by atoms with van der Waals surface area (Å²) in [5.74, 6) is 0.734. The Hall–Kier alpha value is -2.15. The summed E-state index contributed by atoms with van der Waals surface area (Å²) in [6, 6.07) is 0. The lowest BCUT2D eigenvalue weighted by molar-refractivity contribution is 0.450. The van der Waals surface area contributed by atoms with Crippen LogP contribution < -0.4 is 0 Å². The van der Waals surface area contributed by atoms with Crippen LogP contribution in [0.1, 0.15) is 126 Å². The van der Waals surface area contributed by atoms with Gasteiger partial charge in [-0.05, 0) is 93.6 Å². The summed E-state index contributed by atoms with van der Waals surface area (Å²) in [5, 5.41) is 0. The fourth-order valence-electron chi connectivity index (χ4n) is 4.56. The summed E-state index contributed by atoms with van der Waals surface area (Å²) in [6.45, 7) is 24.3. The van der Waals surface area contributed by atoms with E-state index in [1.165, 1.54) is 83.4 Å². The standard InChI is InChI=1S/C35H55N/c1-10-15-17-31(14-5)25-29(9)34(27(6)7)26-32(18-16-11-2)35-24-23-33(36-35)22-21-30(13-4)20-19-28(8)12-3/h13,19-20,24,26,31H,4,9-12,14-18,21-23,25H2,1-3,5-8H3/b28-19-,30-20+,32-26+. The van der Waals surface area contributed by atoms with Gasteiger partial charge in [0.05, 0.1) is 5.70 Å². The first-order valence-electron chi connectivity index (χ1n) is 14.6. The van der Waals surface area contributed by atoms with Gasteiger partial charge in [-0.3, -0.25) is 4.99 Å². The molecule has 0 saturated heterocycles. The Morgan fingerprint density at radius 1 is 1.03 bits per heavy atom. The van der Waals surface area contributed by atoms with E-state index < -0.39 is 0 Å². The SMILES string of the molecule is C=C/C(=C\C=C(\C)CC)CCC1=NC(/C(=C/C(C(=C)CC(CC)CCCC)=C(C)C)CCCC)=CC1. The molecule has 1 rings (SSSR count). The van der Waals surface area contributed by atoms with E-state index in [9.17, 15) is 0 Å². The molecule has 0 aromatic heterocycles. The zero-order valence-electron chi connectivity index (χ0n) is 24.8. The molecule has 0 aromatic rings. The van der Waals surface area contributed by atoms with E-state index in [4.69, 9.17) is 4.99 Å². The lowest BCUT2D eigenvalue weighted by Gasteiger charge is -2.19. The number of unbranched alkanes of at least 4 members (excludes halogenated alkanes) is 2. The highest BCUT2D eigenvalue weighted by Crippen LogP contribution is 2.32. The molecular formula is C35H55N. The van der Waals surface area contributed by atoms with Crippen molar-refractivity contribution in [2.45, 2.75) is 126 Å². The molecule has 36 heavy (non-hydrogen) atoms. The predicted octanol–water partition coefficient (Wildman–Crippen LogP) is 11.6. The topological polar surface area (TPSA) is 12.4 Å². The van der Waals surface area contributed by atoms with Crippen molar-refractivity contribution < 1.29 is 0 Å². The largest absolute Gasteiger partial charge is 0.258 e. The van der Waals surface area contributed by atoms with Gasteiger partial charge in [0.25, 0.3) is 0 Å². The monoisotopic (exact) mass is 489 g/mol. The first-order valence-corrected chi connectivity index (χ1v) is 14.6. The molecule has 1 aliphatic heterocycles. The van der Waals surface area contributed by atoms with Crippen LogP contribution in [0.25, 0.3) is 0 Å². The van der Waals surface area contributed by atoms with Crippen LogP contribution in [0.4, 0.5) is 0 Å². The summed E-state index contributed by atoms with van der Waals surface area (Å²) >= 11 is 0. The Balaban J connectivity index is 3.07. The number of hydrogen-bond acceptors (Lipinski definition) is 1. The Labute approximate surface area is 224 Å². The van der Waals surface area contributed by atoms with E-state index in [-0.39, 0.29) is 0 Å². The molecule has 200 valence electrons. The molecule has 1 nitrogen and oxygen atoms in total. The van der Waals surface area contributed by atoms with Crippen LogP contribution in [0.3, 0.4) is 0 Å². The fourth-order valence-corrected chi connectivity index (χ4v) is 4.56. The van der Waals surface area contributed by atoms with Gasteiger partial charge in [-0.15, -0.1) is 0 Å². The minimum absolute atomic E-state index is 0.734. The molecule has 0 N–H and O–H groups in total. The van der Waals surface area contributed by atoms with Gasteiger partial charge in [-0.2, -0.15) is 0 Å². The van der Waals surface area contributed by atoms with E-state index in [1.807, 2.05) is 6.08 Å². The number of hydrogen-bond donors (Lipinski definition) is 0. The molecule has 1 heterocycles. The molecule has 1 atom stereocenters. The maximum atomic E-state index is 5.13. The van der Waals surface area contributed by atoms with Gasteiger partial charge in [0.2, 0.25) is 0 Å². The van der Waals surface area contributed by atoms with Crippen LogP contribution in [-0.2, 0) is 0 Å². The predicted molar refractivity (Wildman–Crippen MR) is 165 cm³/mol. The maximum absolute atomic E-state index is 5.13. The highest BCUT2D eigenvalue weighted by Gasteiger charge is 2.16. The lowest BCUT2D eigenvalue weighted by Crippen LogP contribution is -2.03. The minimum atomic E-state index is 0.734. The lowest BCUT2D eigenvalue weighted by atomic mass is 9.87. The average molecular weight is 490 g/mol. The molecule has 0 saturated carbocycles. The summed E-state index contributed by atoms with van der Waals surface area (Å²) in [7, 11) is 0. The van der Waals surface area contributed by atoms with Gasteiger partial charge < -0.3 is 0 Å². The normalized spacial score (nSPS) is 15.5. The average Bonchev–Trinajstić information content (AvgIpc) is 3.34. The van der Waals surface area contributed by atoms with Gasteiger partial charge in [0, 0.05) is 12.1 Å². The van der Waals surface area contributed by atoms with Crippen LogP contribution in [0, 0.1) is 5.92 Å². The summed E-state index contributed by atoms with van der Waals surface area (Å²) in [6.07, 6.45) is 24.9. The Kier molecular flexibility index (Phi) is 16.1. The van der Waals surface area contributed by atoms with Crippen molar-refractivity contribution in [2.75, 3.05) is 0 Å². The summed E-state index contributed by atoms with van der Waals surface area (Å²) in [4.78, 5) is 5.13. The molecular weight excluding hydrogens is 434 g/mol. The first kappa shape index (κ1) is 31.9. The molecule has 0 bridgehead atoms. The highest BCUT2D eigenvalue weighted by atomic mass is 14.8. The number of aliphatic imine (C=N–C) groups is 1. The van der Waals surface area contributed by atoms with Crippen LogP contribution in [0.2, 0.25) is 0 Å². The summed E-state index contributed by atoms with van der Waals surface area (Å²) in [5.41, 5.74) is 10.5. The Bertz CT molecular complexity index is 893. The molecule has 0 aromatic carbocycles. The molecule has 1 aliphatic rings. The van der Waals surface area contributed by atoms with Gasteiger partial charge >= 0.3 is 0 Å². The van der Waals surface area contributed by atoms with E-state index in [1.54, 1.807) is 0 Å². The van der Waals surface area contributed by atoms with Gasteiger partial charge in [0.1, 0.15) is 0 Å². The van der Waals surface area contributed by atoms with Crippen molar-refractivity contribution in [3.05, 3.63) is 82.7 Å². The first-order chi connectivity index (χ1) is 17.3. The van der Waals surface area contributed by atoms with Crippen molar-refractivity contribution in [1.82, 2.24) is 0 Å². The van der Waals surface area contributed by atoms with Crippen molar-refractivity contribution >= 4 is 5.71 Å². The molecule has 0 spiro atoms. The van der Waals surface area contributed by atoms with E-state index in [0.717, 1.165) is 44.4 Å². The molecule has 0 fully saturated rings. The van der Waals surface area contributed by atoms with Gasteiger partial charge in [-0.1, -0.05) is 108 Å². The van der Waals surface area contributed by atoms with Crippen molar-refractivity contribution in [2.24, 2.45) is 10.9 Å². The maximum Gasteiger partial charge on any atom is 0.0625 e. The number of rotatable bonds is 18. The van der Waals surface area contributed by atoms with E-state index in [2.05, 4.69) is 85.9 Å². The molecule has 1 unspecified atom stereocenters. The fraction of sp³-hybridized carbons (Fsp3) is 0.571. The number of allylic oxidation sites excluding steroid dienone is 11. The quantitative estimate of drug-likeness (QED) is 0.170. The minimum Gasteiger partial charge on any atom is -0.258 e. The van der Waals surface area contributed by atoms with Crippen molar-refractivity contribution in [1.29, 1.82) is 0 Å². The van der Waals surface area contributed by atoms with Crippen LogP contribution in [-0.4, -0.2) is 5.71 Å². The second-order valence-corrected chi connectivity index (χ2v) is 10.7. The third kappa shape index (κ3) is 11.7. The third-order valence-corrected chi connectivity index (χ3v) is 7.36. The zero-order chi connectivity index (χ0) is 26.9. The zero-order valence-corrected chi connectivity index (χ0v) is 24.8. The Morgan fingerprint density at radius 2 is 1.75 bits per heavy atom. The van der Waals surface area contributed by atoms with Crippen LogP contribution >= 0.6 is 0 Å². The molecule has 0 radical (unpaired) electrons. The third-order valence-electron chi connectivity index (χ3n) is 7.36. The summed E-state index contributed by atoms with van der Waals surface area (Å²) < 4.78 is 0. The second-order valence-electron chi connectivity index (χ2n) is 10.7. The van der Waals surface area contributed by atoms with E-state index >= 15 is 0 Å². The van der Waals surface area contributed by atoms with Gasteiger partial charge in [0.15, 0.2) is 0 Å². The smallest absolute Gasteiger partial charge is 0.0625 e. The highest BCUT2D eigenvalue weighted by molar-refractivity contribution is 5.89. The Morgan fingerprint density at radius 3 is 2.33 bits per heavy atom. The van der Waals surface area contributed by atoms with Crippen molar-refractivity contribution in [3.8, 4) is 0 Å². The molecule has 1 heteroatoms. The second kappa shape index (κ2) is 18.1. The van der Waals surface area contributed by atoms with Crippen LogP contribution in [0.15, 0.2) is 87.7 Å². The molecule has 0 aliphatic carbocycles.